The van der Waals surface area contributed by atoms with Gasteiger partial charge in [0.25, 0.3) is 0 Å². The van der Waals surface area contributed by atoms with E-state index < -0.39 is 12.0 Å². The number of methoxy groups -OCH3 is 1. The molecule has 0 fully saturated rings. The molecule has 2 aromatic rings. The molecule has 20 heavy (non-hydrogen) atoms. The number of hydrogen-bond acceptors (Lipinski definition) is 5. The van der Waals surface area contributed by atoms with E-state index in [1.807, 2.05) is 0 Å². The summed E-state index contributed by atoms with van der Waals surface area (Å²) in [7, 11) is 1.32. The van der Waals surface area contributed by atoms with Gasteiger partial charge in [0.05, 0.1) is 12.7 Å². The van der Waals surface area contributed by atoms with Gasteiger partial charge in [0.15, 0.2) is 0 Å². The molecule has 1 amide bonds. The van der Waals surface area contributed by atoms with Crippen molar-refractivity contribution in [3.8, 4) is 0 Å². The van der Waals surface area contributed by atoms with E-state index in [2.05, 4.69) is 20.1 Å². The fraction of sp³-hybridized carbons (Fsp3) is 0.231. The van der Waals surface area contributed by atoms with Gasteiger partial charge in [-0.15, -0.1) is 0 Å². The maximum Gasteiger partial charge on any atom is 0.337 e. The molecule has 1 heterocycles. The van der Waals surface area contributed by atoms with Crippen molar-refractivity contribution in [1.82, 2.24) is 14.8 Å². The highest BCUT2D eigenvalue weighted by Gasteiger charge is 2.15. The second kappa shape index (κ2) is 5.96. The maximum absolute atomic E-state index is 12.0. The molecular weight excluding hydrogens is 260 g/mol. The first-order valence-electron chi connectivity index (χ1n) is 5.95. The summed E-state index contributed by atoms with van der Waals surface area (Å²) in [6.07, 6.45) is 2.85. The first-order valence-corrected chi connectivity index (χ1v) is 5.95. The minimum Gasteiger partial charge on any atom is -0.465 e. The zero-order chi connectivity index (χ0) is 14.5. The molecule has 104 valence electrons. The van der Waals surface area contributed by atoms with Crippen molar-refractivity contribution in [1.29, 1.82) is 0 Å². The number of ether oxygens (including phenoxy) is 1. The monoisotopic (exact) mass is 274 g/mol. The summed E-state index contributed by atoms with van der Waals surface area (Å²) in [6.45, 7) is 1.72. The highest BCUT2D eigenvalue weighted by Crippen LogP contribution is 2.13. The second-order valence-electron chi connectivity index (χ2n) is 4.11. The van der Waals surface area contributed by atoms with E-state index in [0.29, 0.717) is 11.3 Å². The van der Waals surface area contributed by atoms with Crippen LogP contribution in [0.5, 0.6) is 0 Å². The first kappa shape index (κ1) is 13.7. The SMILES string of the molecule is COC(=O)c1ccc(NC(=O)C(C)n2cncn2)cc1. The molecule has 0 aliphatic rings. The Morgan fingerprint density at radius 2 is 2.00 bits per heavy atom. The van der Waals surface area contributed by atoms with E-state index in [-0.39, 0.29) is 5.91 Å². The van der Waals surface area contributed by atoms with Crippen molar-refractivity contribution in [3.05, 3.63) is 42.5 Å². The van der Waals surface area contributed by atoms with E-state index in [4.69, 9.17) is 0 Å². The average molecular weight is 274 g/mol. The van der Waals surface area contributed by atoms with E-state index >= 15 is 0 Å². The molecule has 7 heteroatoms. The number of benzene rings is 1. The Kier molecular flexibility index (Phi) is 4.09. The zero-order valence-electron chi connectivity index (χ0n) is 11.1. The van der Waals surface area contributed by atoms with Crippen LogP contribution in [0.1, 0.15) is 23.3 Å². The Bertz CT molecular complexity index is 593. The lowest BCUT2D eigenvalue weighted by Crippen LogP contribution is -2.24. The van der Waals surface area contributed by atoms with Crippen molar-refractivity contribution >= 4 is 17.6 Å². The molecule has 0 saturated heterocycles. The first-order chi connectivity index (χ1) is 9.61. The normalized spacial score (nSPS) is 11.7. The molecule has 1 unspecified atom stereocenters. The van der Waals surface area contributed by atoms with Gasteiger partial charge in [-0.05, 0) is 31.2 Å². The van der Waals surface area contributed by atoms with E-state index in [1.54, 1.807) is 31.2 Å². The van der Waals surface area contributed by atoms with Gasteiger partial charge < -0.3 is 10.1 Å². The Morgan fingerprint density at radius 3 is 2.55 bits per heavy atom. The van der Waals surface area contributed by atoms with Gasteiger partial charge in [0, 0.05) is 5.69 Å². The molecule has 0 spiro atoms. The highest BCUT2D eigenvalue weighted by atomic mass is 16.5. The third kappa shape index (κ3) is 3.00. The Labute approximate surface area is 115 Å². The van der Waals surface area contributed by atoms with Crippen LogP contribution >= 0.6 is 0 Å². The van der Waals surface area contributed by atoms with Gasteiger partial charge in [0.2, 0.25) is 5.91 Å². The van der Waals surface area contributed by atoms with Crippen molar-refractivity contribution in [2.45, 2.75) is 13.0 Å². The van der Waals surface area contributed by atoms with E-state index in [0.717, 1.165) is 0 Å². The van der Waals surface area contributed by atoms with Crippen LogP contribution in [0.25, 0.3) is 0 Å². The molecule has 1 atom stereocenters. The molecule has 1 aromatic heterocycles. The molecule has 0 saturated carbocycles. The van der Waals surface area contributed by atoms with Crippen LogP contribution in [0.15, 0.2) is 36.9 Å². The number of carbonyl (C=O) groups excluding carboxylic acids is 2. The topological polar surface area (TPSA) is 86.1 Å². The standard InChI is InChI=1S/C13H14N4O3/c1-9(17-8-14-7-15-17)12(18)16-11-5-3-10(4-6-11)13(19)20-2/h3-9H,1-2H3,(H,16,18). The van der Waals surface area contributed by atoms with Crippen molar-refractivity contribution < 1.29 is 14.3 Å². The lowest BCUT2D eigenvalue weighted by molar-refractivity contribution is -0.119. The van der Waals surface area contributed by atoms with Crippen molar-refractivity contribution in [2.24, 2.45) is 0 Å². The predicted octanol–water partition coefficient (Wildman–Crippen LogP) is 1.26. The number of aromatic nitrogens is 3. The summed E-state index contributed by atoms with van der Waals surface area (Å²) in [5.41, 5.74) is 1.02. The number of esters is 1. The van der Waals surface area contributed by atoms with E-state index in [1.165, 1.54) is 24.4 Å². The van der Waals surface area contributed by atoms with Gasteiger partial charge in [-0.2, -0.15) is 5.10 Å². The molecule has 0 bridgehead atoms. The number of nitrogens with zero attached hydrogens (tertiary/aromatic N) is 3. The summed E-state index contributed by atoms with van der Waals surface area (Å²) >= 11 is 0. The number of amides is 1. The predicted molar refractivity (Wildman–Crippen MR) is 71.1 cm³/mol. The number of nitrogens with one attached hydrogen (secondary N) is 1. The van der Waals surface area contributed by atoms with Crippen LogP contribution in [0.4, 0.5) is 5.69 Å². The lowest BCUT2D eigenvalue weighted by Gasteiger charge is -2.12. The molecule has 0 aliphatic heterocycles. The van der Waals surface area contributed by atoms with Crippen LogP contribution in [-0.4, -0.2) is 33.8 Å². The molecule has 7 nitrogen and oxygen atoms in total. The van der Waals surface area contributed by atoms with Crippen LogP contribution in [0.3, 0.4) is 0 Å². The summed E-state index contributed by atoms with van der Waals surface area (Å²) in [5, 5.41) is 6.65. The van der Waals surface area contributed by atoms with Crippen LogP contribution in [0, 0.1) is 0 Å². The Morgan fingerprint density at radius 1 is 1.30 bits per heavy atom. The summed E-state index contributed by atoms with van der Waals surface area (Å²) in [4.78, 5) is 27.1. The Hall–Kier alpha value is -2.70. The summed E-state index contributed by atoms with van der Waals surface area (Å²) in [6, 6.07) is 5.97. The van der Waals surface area contributed by atoms with E-state index in [9.17, 15) is 9.59 Å². The van der Waals surface area contributed by atoms with Crippen molar-refractivity contribution in [3.63, 3.8) is 0 Å². The maximum atomic E-state index is 12.0. The number of rotatable bonds is 4. The fourth-order valence-electron chi connectivity index (χ4n) is 1.59. The molecular formula is C13H14N4O3. The largest absolute Gasteiger partial charge is 0.465 e. The van der Waals surface area contributed by atoms with Crippen LogP contribution < -0.4 is 5.32 Å². The molecule has 2 rings (SSSR count). The van der Waals surface area contributed by atoms with Gasteiger partial charge in [-0.25, -0.2) is 14.5 Å². The van der Waals surface area contributed by atoms with Crippen molar-refractivity contribution in [2.75, 3.05) is 12.4 Å². The minimum atomic E-state index is -0.474. The summed E-state index contributed by atoms with van der Waals surface area (Å²) in [5.74, 6) is -0.639. The van der Waals surface area contributed by atoms with Gasteiger partial charge in [0.1, 0.15) is 18.7 Å². The average Bonchev–Trinajstić information content (AvgIpc) is 3.00. The highest BCUT2D eigenvalue weighted by molar-refractivity contribution is 5.94. The lowest BCUT2D eigenvalue weighted by atomic mass is 10.2. The number of anilines is 1. The third-order valence-electron chi connectivity index (χ3n) is 2.79. The minimum absolute atomic E-state index is 0.221. The molecule has 1 aromatic carbocycles. The van der Waals surface area contributed by atoms with Gasteiger partial charge in [-0.3, -0.25) is 4.79 Å². The smallest absolute Gasteiger partial charge is 0.337 e. The quantitative estimate of drug-likeness (QED) is 0.848. The zero-order valence-corrected chi connectivity index (χ0v) is 11.1. The van der Waals surface area contributed by atoms with Crippen LogP contribution in [0.2, 0.25) is 0 Å². The number of hydrogen-bond donors (Lipinski definition) is 1. The second-order valence-corrected chi connectivity index (χ2v) is 4.11. The Balaban J connectivity index is 2.03. The molecule has 0 radical (unpaired) electrons. The third-order valence-corrected chi connectivity index (χ3v) is 2.79. The number of carbonyl (C=O) groups is 2. The molecule has 0 aliphatic carbocycles. The van der Waals surface area contributed by atoms with Gasteiger partial charge >= 0.3 is 5.97 Å². The van der Waals surface area contributed by atoms with Gasteiger partial charge in [-0.1, -0.05) is 0 Å². The fourth-order valence-corrected chi connectivity index (χ4v) is 1.59. The van der Waals surface area contributed by atoms with Crippen LogP contribution in [-0.2, 0) is 9.53 Å². The summed E-state index contributed by atoms with van der Waals surface area (Å²) < 4.78 is 6.06. The molecule has 1 N–H and O–H groups in total.